The Kier molecular flexibility index (Phi) is 4.37. The van der Waals surface area contributed by atoms with Crippen LogP contribution in [-0.4, -0.2) is 0 Å². The van der Waals surface area contributed by atoms with Gasteiger partial charge in [-0.25, -0.2) is 4.39 Å². The number of azide groups is 1. The van der Waals surface area contributed by atoms with Gasteiger partial charge in [0.1, 0.15) is 18.2 Å². The van der Waals surface area contributed by atoms with Gasteiger partial charge in [-0.05, 0) is 29.3 Å². The molecule has 2 rings (SSSR count). The van der Waals surface area contributed by atoms with Crippen LogP contribution in [0.5, 0.6) is 5.75 Å². The van der Waals surface area contributed by atoms with E-state index < -0.39 is 0 Å². The molecule has 2 aromatic rings. The van der Waals surface area contributed by atoms with Crippen molar-refractivity contribution in [3.8, 4) is 5.75 Å². The fraction of sp³-hybridized carbons (Fsp3) is 0.143. The summed E-state index contributed by atoms with van der Waals surface area (Å²) in [5, 5.41) is 3.43. The van der Waals surface area contributed by atoms with Crippen LogP contribution < -0.4 is 4.74 Å². The van der Waals surface area contributed by atoms with E-state index in [0.29, 0.717) is 17.9 Å². The van der Waals surface area contributed by atoms with E-state index in [2.05, 4.69) is 10.0 Å². The summed E-state index contributed by atoms with van der Waals surface area (Å²) in [5.41, 5.74) is 9.87. The zero-order valence-electron chi connectivity index (χ0n) is 10.2. The van der Waals surface area contributed by atoms with Crippen molar-refractivity contribution in [3.05, 3.63) is 75.9 Å². The zero-order valence-corrected chi connectivity index (χ0v) is 10.2. The van der Waals surface area contributed by atoms with Crippen molar-refractivity contribution >= 4 is 0 Å². The Labute approximate surface area is 110 Å². The first-order chi connectivity index (χ1) is 9.29. The summed E-state index contributed by atoms with van der Waals surface area (Å²) in [5.74, 6) is 0.146. The predicted molar refractivity (Wildman–Crippen MR) is 70.0 cm³/mol. The van der Waals surface area contributed by atoms with Gasteiger partial charge in [0.15, 0.2) is 0 Å². The third-order valence-electron chi connectivity index (χ3n) is 2.56. The minimum atomic E-state index is -0.379. The Morgan fingerprint density at radius 1 is 1.16 bits per heavy atom. The molecule has 0 aliphatic rings. The van der Waals surface area contributed by atoms with Gasteiger partial charge < -0.3 is 4.74 Å². The Hall–Kier alpha value is -2.52. The molecule has 0 heterocycles. The van der Waals surface area contributed by atoms with Gasteiger partial charge in [-0.2, -0.15) is 0 Å². The van der Waals surface area contributed by atoms with Gasteiger partial charge in [-0.3, -0.25) is 0 Å². The molecule has 0 aromatic heterocycles. The first-order valence-corrected chi connectivity index (χ1v) is 5.75. The van der Waals surface area contributed by atoms with E-state index in [1.807, 2.05) is 30.3 Å². The molecular formula is C14H12FN3O. The van der Waals surface area contributed by atoms with Gasteiger partial charge in [0.25, 0.3) is 0 Å². The van der Waals surface area contributed by atoms with Gasteiger partial charge >= 0.3 is 0 Å². The second-order valence-corrected chi connectivity index (χ2v) is 3.92. The highest BCUT2D eigenvalue weighted by atomic mass is 19.1. The lowest BCUT2D eigenvalue weighted by Crippen LogP contribution is -1.98. The maximum absolute atomic E-state index is 13.1. The quantitative estimate of drug-likeness (QED) is 0.449. The lowest BCUT2D eigenvalue weighted by Gasteiger charge is -2.10. The van der Waals surface area contributed by atoms with E-state index in [-0.39, 0.29) is 12.4 Å². The summed E-state index contributed by atoms with van der Waals surface area (Å²) >= 11 is 0. The normalized spacial score (nSPS) is 9.74. The van der Waals surface area contributed by atoms with E-state index >= 15 is 0 Å². The highest BCUT2D eigenvalue weighted by Gasteiger charge is 2.05. The Morgan fingerprint density at radius 3 is 2.68 bits per heavy atom. The number of ether oxygens (including phenoxy) is 1. The van der Waals surface area contributed by atoms with Gasteiger partial charge in [0, 0.05) is 10.5 Å². The number of benzene rings is 2. The topological polar surface area (TPSA) is 58.0 Å². The van der Waals surface area contributed by atoms with Crippen LogP contribution in [0, 0.1) is 5.82 Å². The molecular weight excluding hydrogens is 245 g/mol. The molecule has 4 nitrogen and oxygen atoms in total. The molecule has 0 aliphatic carbocycles. The Bertz CT molecular complexity index is 595. The standard InChI is InChI=1S/C14H12FN3O/c15-13-6-7-14(12(8-13)9-17-18-16)19-10-11-4-2-1-3-5-11/h1-8H,9-10H2. The van der Waals surface area contributed by atoms with Crippen molar-refractivity contribution in [3.63, 3.8) is 0 Å². The predicted octanol–water partition coefficient (Wildman–Crippen LogP) is 4.22. The van der Waals surface area contributed by atoms with Crippen molar-refractivity contribution in [2.75, 3.05) is 0 Å². The fourth-order valence-corrected chi connectivity index (χ4v) is 1.66. The fourth-order valence-electron chi connectivity index (χ4n) is 1.66. The third kappa shape index (κ3) is 3.72. The number of hydrogen-bond donors (Lipinski definition) is 0. The summed E-state index contributed by atoms with van der Waals surface area (Å²) < 4.78 is 18.8. The molecule has 19 heavy (non-hydrogen) atoms. The summed E-state index contributed by atoms with van der Waals surface area (Å²) in [6.07, 6.45) is 0. The van der Waals surface area contributed by atoms with Crippen LogP contribution in [0.25, 0.3) is 10.4 Å². The van der Waals surface area contributed by atoms with Crippen LogP contribution in [0.15, 0.2) is 53.6 Å². The monoisotopic (exact) mass is 257 g/mol. The molecule has 0 spiro atoms. The van der Waals surface area contributed by atoms with Crippen molar-refractivity contribution in [1.82, 2.24) is 0 Å². The molecule has 5 heteroatoms. The zero-order chi connectivity index (χ0) is 13.5. The molecule has 0 bridgehead atoms. The summed E-state index contributed by atoms with van der Waals surface area (Å²) in [4.78, 5) is 2.67. The lowest BCUT2D eigenvalue weighted by atomic mass is 10.2. The van der Waals surface area contributed by atoms with Crippen LogP contribution in [0.1, 0.15) is 11.1 Å². The second kappa shape index (κ2) is 6.42. The molecule has 0 saturated carbocycles. The summed E-state index contributed by atoms with van der Waals surface area (Å²) in [6, 6.07) is 13.8. The van der Waals surface area contributed by atoms with Gasteiger partial charge in [-0.1, -0.05) is 35.4 Å². The van der Waals surface area contributed by atoms with Gasteiger partial charge in [0.05, 0.1) is 6.54 Å². The molecule has 0 unspecified atom stereocenters. The molecule has 0 amide bonds. The minimum Gasteiger partial charge on any atom is -0.489 e. The molecule has 0 aliphatic heterocycles. The van der Waals surface area contributed by atoms with E-state index in [1.54, 1.807) is 6.07 Å². The highest BCUT2D eigenvalue weighted by molar-refractivity contribution is 5.34. The first kappa shape index (κ1) is 12.9. The van der Waals surface area contributed by atoms with E-state index in [1.165, 1.54) is 12.1 Å². The van der Waals surface area contributed by atoms with Gasteiger partial charge in [-0.15, -0.1) is 0 Å². The summed E-state index contributed by atoms with van der Waals surface area (Å²) in [6.45, 7) is 0.453. The van der Waals surface area contributed by atoms with E-state index in [4.69, 9.17) is 10.3 Å². The first-order valence-electron chi connectivity index (χ1n) is 5.75. The molecule has 0 radical (unpaired) electrons. The minimum absolute atomic E-state index is 0.0678. The second-order valence-electron chi connectivity index (χ2n) is 3.92. The van der Waals surface area contributed by atoms with Crippen LogP contribution in [0.3, 0.4) is 0 Å². The average Bonchev–Trinajstić information content (AvgIpc) is 2.45. The van der Waals surface area contributed by atoms with Crippen molar-refractivity contribution < 1.29 is 9.13 Å². The smallest absolute Gasteiger partial charge is 0.123 e. The van der Waals surface area contributed by atoms with E-state index in [0.717, 1.165) is 5.56 Å². The maximum atomic E-state index is 13.1. The molecule has 0 atom stereocenters. The molecule has 2 aromatic carbocycles. The van der Waals surface area contributed by atoms with Crippen LogP contribution >= 0.6 is 0 Å². The molecule has 0 N–H and O–H groups in total. The van der Waals surface area contributed by atoms with Crippen LogP contribution in [0.2, 0.25) is 0 Å². The Balaban J connectivity index is 2.13. The number of nitrogens with zero attached hydrogens (tertiary/aromatic N) is 3. The van der Waals surface area contributed by atoms with Crippen LogP contribution in [0.4, 0.5) is 4.39 Å². The molecule has 0 fully saturated rings. The maximum Gasteiger partial charge on any atom is 0.123 e. The van der Waals surface area contributed by atoms with Crippen LogP contribution in [-0.2, 0) is 13.2 Å². The average molecular weight is 257 g/mol. The van der Waals surface area contributed by atoms with Gasteiger partial charge in [0.2, 0.25) is 0 Å². The van der Waals surface area contributed by atoms with Crippen molar-refractivity contribution in [2.45, 2.75) is 13.2 Å². The largest absolute Gasteiger partial charge is 0.489 e. The SMILES string of the molecule is [N-]=[N+]=NCc1cc(F)ccc1OCc1ccccc1. The number of hydrogen-bond acceptors (Lipinski definition) is 2. The van der Waals surface area contributed by atoms with Crippen molar-refractivity contribution in [2.24, 2.45) is 5.11 Å². The third-order valence-corrected chi connectivity index (χ3v) is 2.56. The number of rotatable bonds is 5. The summed E-state index contributed by atoms with van der Waals surface area (Å²) in [7, 11) is 0. The molecule has 96 valence electrons. The van der Waals surface area contributed by atoms with Crippen molar-refractivity contribution in [1.29, 1.82) is 0 Å². The lowest BCUT2D eigenvalue weighted by molar-refractivity contribution is 0.302. The highest BCUT2D eigenvalue weighted by Crippen LogP contribution is 2.22. The Morgan fingerprint density at radius 2 is 1.95 bits per heavy atom. The molecule has 0 saturated heterocycles. The number of halogens is 1. The van der Waals surface area contributed by atoms with E-state index in [9.17, 15) is 4.39 Å².